The molecule has 6 heteroatoms. The topological polar surface area (TPSA) is 71.3 Å². The van der Waals surface area contributed by atoms with E-state index in [4.69, 9.17) is 4.42 Å². The second-order valence-electron chi connectivity index (χ2n) is 8.09. The molecule has 2 aliphatic carbocycles. The summed E-state index contributed by atoms with van der Waals surface area (Å²) in [5.74, 6) is 2.02. The van der Waals surface area contributed by atoms with E-state index in [9.17, 15) is 4.79 Å². The number of nitrogens with one attached hydrogen (secondary N) is 1. The average molecular weight is 352 g/mol. The highest BCUT2D eigenvalue weighted by Gasteiger charge is 2.61. The predicted molar refractivity (Wildman–Crippen MR) is 97.3 cm³/mol. The molecule has 0 radical (unpaired) electrons. The van der Waals surface area contributed by atoms with Crippen LogP contribution in [0.1, 0.15) is 32.6 Å². The van der Waals surface area contributed by atoms with Crippen molar-refractivity contribution < 1.29 is 9.21 Å². The molecule has 1 aromatic carbocycles. The molecule has 1 spiro atoms. The first-order valence-corrected chi connectivity index (χ1v) is 9.60. The molecule has 6 nitrogen and oxygen atoms in total. The maximum absolute atomic E-state index is 12.9. The number of piperidine rings is 1. The zero-order chi connectivity index (χ0) is 17.7. The number of nitrogens with zero attached hydrogens (tertiary/aromatic N) is 3. The number of anilines is 1. The fraction of sp³-hybridized carbons (Fsp3) is 0.550. The zero-order valence-electron chi connectivity index (χ0n) is 15.0. The van der Waals surface area contributed by atoms with E-state index < -0.39 is 0 Å². The van der Waals surface area contributed by atoms with Crippen molar-refractivity contribution in [2.45, 2.75) is 38.6 Å². The molecule has 3 aliphatic rings. The van der Waals surface area contributed by atoms with Crippen molar-refractivity contribution in [3.8, 4) is 11.5 Å². The maximum atomic E-state index is 12.9. The van der Waals surface area contributed by atoms with Gasteiger partial charge in [-0.15, -0.1) is 5.10 Å². The second kappa shape index (κ2) is 5.83. The lowest BCUT2D eigenvalue weighted by Gasteiger charge is -2.39. The summed E-state index contributed by atoms with van der Waals surface area (Å²) in [4.78, 5) is 15.0. The lowest BCUT2D eigenvalue weighted by atomic mass is 9.81. The molecule has 2 saturated carbocycles. The third-order valence-electron chi connectivity index (χ3n) is 6.67. The Morgan fingerprint density at radius 2 is 1.88 bits per heavy atom. The molecule has 3 atom stereocenters. The number of benzene rings is 1. The van der Waals surface area contributed by atoms with Gasteiger partial charge in [0.15, 0.2) is 0 Å². The summed E-state index contributed by atoms with van der Waals surface area (Å²) in [6, 6.07) is 9.56. The summed E-state index contributed by atoms with van der Waals surface area (Å²) >= 11 is 0. The monoisotopic (exact) mass is 352 g/mol. The normalized spacial score (nSPS) is 26.7. The van der Waals surface area contributed by atoms with E-state index in [1.807, 2.05) is 37.3 Å². The smallest absolute Gasteiger partial charge is 0.316 e. The van der Waals surface area contributed by atoms with Gasteiger partial charge in [-0.2, -0.15) is 0 Å². The Morgan fingerprint density at radius 1 is 1.19 bits per heavy atom. The van der Waals surface area contributed by atoms with Crippen molar-refractivity contribution in [2.75, 3.05) is 18.4 Å². The fourth-order valence-corrected chi connectivity index (χ4v) is 5.10. The standard InChI is InChI=1S/C20H24N4O2/c1-13(21-19-23-22-17(26-19)14-5-3-2-4-6-14)18(25)24-11-15-7-8-16(12-24)20(15)9-10-20/h2-6,13,15-16H,7-12H2,1H3,(H,21,23)/t13-,15?,16?/m0/s1. The van der Waals surface area contributed by atoms with Gasteiger partial charge in [0, 0.05) is 18.7 Å². The minimum atomic E-state index is -0.369. The van der Waals surface area contributed by atoms with Crippen molar-refractivity contribution in [3.05, 3.63) is 30.3 Å². The van der Waals surface area contributed by atoms with E-state index in [2.05, 4.69) is 20.4 Å². The Hall–Kier alpha value is -2.37. The first-order chi connectivity index (χ1) is 12.7. The number of hydrogen-bond acceptors (Lipinski definition) is 5. The van der Waals surface area contributed by atoms with Gasteiger partial charge in [-0.3, -0.25) is 4.79 Å². The molecule has 3 fully saturated rings. The van der Waals surface area contributed by atoms with Crippen LogP contribution in [0.2, 0.25) is 0 Å². The first-order valence-electron chi connectivity index (χ1n) is 9.60. The molecule has 2 bridgehead atoms. The van der Waals surface area contributed by atoms with Gasteiger partial charge in [-0.05, 0) is 62.0 Å². The SMILES string of the molecule is C[C@H](Nc1nnc(-c2ccccc2)o1)C(=O)N1CC2CCC(C1)C21CC1. The Kier molecular flexibility index (Phi) is 3.55. The highest BCUT2D eigenvalue weighted by molar-refractivity contribution is 5.84. The molecule has 1 aliphatic heterocycles. The second-order valence-corrected chi connectivity index (χ2v) is 8.09. The zero-order valence-corrected chi connectivity index (χ0v) is 15.0. The van der Waals surface area contributed by atoms with E-state index in [0.29, 0.717) is 29.2 Å². The van der Waals surface area contributed by atoms with Crippen LogP contribution in [0, 0.1) is 17.3 Å². The van der Waals surface area contributed by atoms with Gasteiger partial charge >= 0.3 is 6.01 Å². The molecular formula is C20H24N4O2. The molecular weight excluding hydrogens is 328 g/mol. The van der Waals surface area contributed by atoms with Gasteiger partial charge in [-0.25, -0.2) is 0 Å². The van der Waals surface area contributed by atoms with Gasteiger partial charge < -0.3 is 14.6 Å². The third kappa shape index (κ3) is 2.50. The van der Waals surface area contributed by atoms with Gasteiger partial charge in [0.05, 0.1) is 0 Å². The van der Waals surface area contributed by atoms with Crippen LogP contribution in [-0.4, -0.2) is 40.1 Å². The van der Waals surface area contributed by atoms with E-state index in [0.717, 1.165) is 18.7 Å². The molecule has 5 rings (SSSR count). The van der Waals surface area contributed by atoms with Crippen molar-refractivity contribution in [3.63, 3.8) is 0 Å². The predicted octanol–water partition coefficient (Wildman–Crippen LogP) is 3.19. The van der Waals surface area contributed by atoms with Crippen LogP contribution in [-0.2, 0) is 4.79 Å². The van der Waals surface area contributed by atoms with E-state index in [1.54, 1.807) is 0 Å². The first kappa shape index (κ1) is 15.9. The summed E-state index contributed by atoms with van der Waals surface area (Å²) in [7, 11) is 0. The summed E-state index contributed by atoms with van der Waals surface area (Å²) in [5, 5.41) is 11.2. The summed E-state index contributed by atoms with van der Waals surface area (Å²) in [5.41, 5.74) is 1.47. The lowest BCUT2D eigenvalue weighted by Crippen LogP contribution is -2.50. The van der Waals surface area contributed by atoms with Crippen LogP contribution in [0.4, 0.5) is 6.01 Å². The van der Waals surface area contributed by atoms with Crippen LogP contribution in [0.5, 0.6) is 0 Å². The molecule has 1 N–H and O–H groups in total. The minimum Gasteiger partial charge on any atom is -0.403 e. The number of likely N-dealkylation sites (tertiary alicyclic amines) is 1. The maximum Gasteiger partial charge on any atom is 0.316 e. The Bertz CT molecular complexity index is 798. The average Bonchev–Trinajstić information content (AvgIpc) is 3.28. The summed E-state index contributed by atoms with van der Waals surface area (Å²) < 4.78 is 5.67. The molecule has 136 valence electrons. The van der Waals surface area contributed by atoms with E-state index in [-0.39, 0.29) is 11.9 Å². The van der Waals surface area contributed by atoms with Crippen LogP contribution in [0.15, 0.2) is 34.7 Å². The largest absolute Gasteiger partial charge is 0.403 e. The molecule has 2 heterocycles. The minimum absolute atomic E-state index is 0.136. The fourth-order valence-electron chi connectivity index (χ4n) is 5.10. The molecule has 1 aromatic heterocycles. The number of hydrogen-bond donors (Lipinski definition) is 1. The Balaban J connectivity index is 1.24. The van der Waals surface area contributed by atoms with Gasteiger partial charge in [-0.1, -0.05) is 23.3 Å². The van der Waals surface area contributed by atoms with Crippen LogP contribution >= 0.6 is 0 Å². The van der Waals surface area contributed by atoms with Gasteiger partial charge in [0.2, 0.25) is 11.8 Å². The molecule has 2 unspecified atom stereocenters. The number of aromatic nitrogens is 2. The molecule has 26 heavy (non-hydrogen) atoms. The van der Waals surface area contributed by atoms with Crippen molar-refractivity contribution in [2.24, 2.45) is 17.3 Å². The summed E-state index contributed by atoms with van der Waals surface area (Å²) in [6.07, 6.45) is 5.34. The van der Waals surface area contributed by atoms with Crippen molar-refractivity contribution in [1.82, 2.24) is 15.1 Å². The number of carbonyl (C=O) groups excluding carboxylic acids is 1. The number of rotatable bonds is 4. The van der Waals surface area contributed by atoms with Crippen molar-refractivity contribution >= 4 is 11.9 Å². The quantitative estimate of drug-likeness (QED) is 0.915. The molecule has 2 aromatic rings. The van der Waals surface area contributed by atoms with Crippen LogP contribution in [0.3, 0.4) is 0 Å². The van der Waals surface area contributed by atoms with E-state index >= 15 is 0 Å². The van der Waals surface area contributed by atoms with Crippen LogP contribution < -0.4 is 5.32 Å². The third-order valence-corrected chi connectivity index (χ3v) is 6.67. The Labute approximate surface area is 153 Å². The van der Waals surface area contributed by atoms with Crippen molar-refractivity contribution in [1.29, 1.82) is 0 Å². The number of carbonyl (C=O) groups is 1. The summed E-state index contributed by atoms with van der Waals surface area (Å²) in [6.45, 7) is 3.71. The highest BCUT2D eigenvalue weighted by atomic mass is 16.4. The lowest BCUT2D eigenvalue weighted by molar-refractivity contribution is -0.135. The van der Waals surface area contributed by atoms with Crippen LogP contribution in [0.25, 0.3) is 11.5 Å². The van der Waals surface area contributed by atoms with Gasteiger partial charge in [0.25, 0.3) is 0 Å². The Morgan fingerprint density at radius 3 is 2.54 bits per heavy atom. The van der Waals surface area contributed by atoms with E-state index in [1.165, 1.54) is 25.7 Å². The van der Waals surface area contributed by atoms with Gasteiger partial charge in [0.1, 0.15) is 6.04 Å². The molecule has 1 saturated heterocycles. The number of amides is 1. The molecule has 1 amide bonds. The highest BCUT2D eigenvalue weighted by Crippen LogP contribution is 2.66.